The first kappa shape index (κ1) is 11.4. The van der Waals surface area contributed by atoms with Crippen molar-refractivity contribution in [2.75, 3.05) is 0 Å². The molecule has 19 heavy (non-hydrogen) atoms. The summed E-state index contributed by atoms with van der Waals surface area (Å²) in [6.45, 7) is 4.29. The van der Waals surface area contributed by atoms with Gasteiger partial charge in [-0.3, -0.25) is 4.21 Å². The Balaban J connectivity index is 2.12. The molecule has 0 N–H and O–H groups in total. The van der Waals surface area contributed by atoms with E-state index in [1.165, 1.54) is 22.3 Å². The van der Waals surface area contributed by atoms with Gasteiger partial charge in [-0.1, -0.05) is 48.5 Å². The fourth-order valence-corrected chi connectivity index (χ4v) is 5.74. The van der Waals surface area contributed by atoms with Crippen LogP contribution in [0.1, 0.15) is 47.3 Å². The minimum Gasteiger partial charge on any atom is -0.258 e. The maximum Gasteiger partial charge on any atom is 0.0858 e. The molecule has 1 unspecified atom stereocenters. The molecule has 1 aliphatic carbocycles. The van der Waals surface area contributed by atoms with Crippen molar-refractivity contribution in [1.29, 1.82) is 0 Å². The van der Waals surface area contributed by atoms with Gasteiger partial charge >= 0.3 is 0 Å². The van der Waals surface area contributed by atoms with Crippen LogP contribution in [0.4, 0.5) is 0 Å². The number of rotatable bonds is 0. The zero-order valence-electron chi connectivity index (χ0n) is 11.1. The lowest BCUT2D eigenvalue weighted by Crippen LogP contribution is -2.46. The third-order valence-corrected chi connectivity index (χ3v) is 6.82. The Bertz CT molecular complexity index is 654. The summed E-state index contributed by atoms with van der Waals surface area (Å²) >= 11 is 0. The molecule has 2 heteroatoms. The number of fused-ring (bicyclic) bond motifs is 1. The van der Waals surface area contributed by atoms with Gasteiger partial charge in [0.2, 0.25) is 0 Å². The van der Waals surface area contributed by atoms with E-state index in [-0.39, 0.29) is 15.9 Å². The van der Waals surface area contributed by atoms with Crippen molar-refractivity contribution in [3.63, 3.8) is 0 Å². The van der Waals surface area contributed by atoms with Gasteiger partial charge < -0.3 is 0 Å². The Morgan fingerprint density at radius 3 is 1.74 bits per heavy atom. The highest BCUT2D eigenvalue weighted by molar-refractivity contribution is 7.87. The quantitative estimate of drug-likeness (QED) is 0.711. The Morgan fingerprint density at radius 2 is 1.26 bits per heavy atom. The summed E-state index contributed by atoms with van der Waals surface area (Å²) in [5, 5.41) is 0.0485. The molecule has 3 aliphatic rings. The van der Waals surface area contributed by atoms with Crippen molar-refractivity contribution in [2.24, 2.45) is 0 Å². The van der Waals surface area contributed by atoms with Gasteiger partial charge in [0.25, 0.3) is 0 Å². The molecule has 96 valence electrons. The van der Waals surface area contributed by atoms with Crippen LogP contribution in [0.5, 0.6) is 0 Å². The molecule has 2 heterocycles. The van der Waals surface area contributed by atoms with E-state index in [1.54, 1.807) is 0 Å². The topological polar surface area (TPSA) is 17.1 Å². The highest BCUT2D eigenvalue weighted by atomic mass is 32.2. The molecule has 2 aromatic rings. The molecule has 2 bridgehead atoms. The van der Waals surface area contributed by atoms with E-state index in [0.29, 0.717) is 0 Å². The molecule has 0 spiro atoms. The SMILES string of the molecule is CC1(C)C2c3ccccc3C(c3ccccc32)S1=O. The molecule has 0 saturated carbocycles. The summed E-state index contributed by atoms with van der Waals surface area (Å²) in [4.78, 5) is 0. The molecule has 2 aromatic carbocycles. The fraction of sp³-hybridized carbons (Fsp3) is 0.294. The van der Waals surface area contributed by atoms with Gasteiger partial charge in [0.15, 0.2) is 0 Å². The lowest BCUT2D eigenvalue weighted by Gasteiger charge is -2.49. The zero-order chi connectivity index (χ0) is 13.2. The first-order chi connectivity index (χ1) is 9.12. The molecule has 2 aliphatic heterocycles. The van der Waals surface area contributed by atoms with Crippen molar-refractivity contribution >= 4 is 10.8 Å². The van der Waals surface area contributed by atoms with E-state index >= 15 is 0 Å². The van der Waals surface area contributed by atoms with Crippen molar-refractivity contribution in [3.8, 4) is 0 Å². The van der Waals surface area contributed by atoms with Gasteiger partial charge in [-0.15, -0.1) is 0 Å². The standard InChI is InChI=1S/C17H16OS/c1-17(2)15-11-7-3-5-9-13(11)16(19(17)18)14-10-6-4-8-12(14)15/h3-10,15-16H,1-2H3. The Hall–Kier alpha value is -1.41. The Kier molecular flexibility index (Phi) is 2.15. The van der Waals surface area contributed by atoms with Gasteiger partial charge in [0, 0.05) is 16.7 Å². The average Bonchev–Trinajstić information content (AvgIpc) is 2.42. The fourth-order valence-electron chi connectivity index (χ4n) is 3.76. The monoisotopic (exact) mass is 268 g/mol. The van der Waals surface area contributed by atoms with E-state index in [4.69, 9.17) is 0 Å². The number of hydrogen-bond acceptors (Lipinski definition) is 1. The summed E-state index contributed by atoms with van der Waals surface area (Å²) in [7, 11) is -0.861. The van der Waals surface area contributed by atoms with Crippen LogP contribution in [-0.4, -0.2) is 8.96 Å². The van der Waals surface area contributed by atoms with Crippen LogP contribution in [0.15, 0.2) is 48.5 Å². The van der Waals surface area contributed by atoms with Crippen LogP contribution in [0.25, 0.3) is 0 Å². The van der Waals surface area contributed by atoms with E-state index < -0.39 is 10.8 Å². The largest absolute Gasteiger partial charge is 0.258 e. The van der Waals surface area contributed by atoms with Crippen LogP contribution < -0.4 is 0 Å². The van der Waals surface area contributed by atoms with Gasteiger partial charge in [-0.2, -0.15) is 0 Å². The third-order valence-electron chi connectivity index (χ3n) is 4.61. The van der Waals surface area contributed by atoms with Crippen LogP contribution in [0.3, 0.4) is 0 Å². The molecule has 1 atom stereocenters. The summed E-state index contributed by atoms with van der Waals surface area (Å²) in [6, 6.07) is 17.0. The normalized spacial score (nSPS) is 29.7. The first-order valence-corrected chi connectivity index (χ1v) is 7.92. The highest BCUT2D eigenvalue weighted by Crippen LogP contribution is 2.57. The smallest absolute Gasteiger partial charge is 0.0858 e. The molecule has 5 rings (SSSR count). The van der Waals surface area contributed by atoms with Crippen molar-refractivity contribution < 1.29 is 4.21 Å². The molecule has 0 amide bonds. The highest BCUT2D eigenvalue weighted by Gasteiger charge is 2.52. The van der Waals surface area contributed by atoms with E-state index in [2.05, 4.69) is 62.4 Å². The molecule has 0 fully saturated rings. The zero-order valence-corrected chi connectivity index (χ0v) is 11.9. The van der Waals surface area contributed by atoms with Crippen LogP contribution in [0.2, 0.25) is 0 Å². The molecular formula is C17H16OS. The summed E-state index contributed by atoms with van der Waals surface area (Å²) in [5.74, 6) is 0.255. The first-order valence-electron chi connectivity index (χ1n) is 6.70. The van der Waals surface area contributed by atoms with Gasteiger partial charge in [0.1, 0.15) is 0 Å². The second kappa shape index (κ2) is 3.57. The second-order valence-electron chi connectivity index (χ2n) is 5.97. The molecule has 1 nitrogen and oxygen atoms in total. The maximum atomic E-state index is 12.9. The second-order valence-corrected chi connectivity index (χ2v) is 8.09. The van der Waals surface area contributed by atoms with Gasteiger partial charge in [0.05, 0.1) is 10.00 Å². The number of benzene rings is 2. The van der Waals surface area contributed by atoms with Crippen LogP contribution >= 0.6 is 0 Å². The molecule has 0 saturated heterocycles. The summed E-state index contributed by atoms with van der Waals surface area (Å²) < 4.78 is 12.8. The molecule has 0 aromatic heterocycles. The minimum atomic E-state index is -0.861. The van der Waals surface area contributed by atoms with Crippen molar-refractivity contribution in [1.82, 2.24) is 0 Å². The third kappa shape index (κ3) is 1.28. The average molecular weight is 268 g/mol. The minimum absolute atomic E-state index is 0.0485. The number of hydrogen-bond donors (Lipinski definition) is 0. The lowest BCUT2D eigenvalue weighted by atomic mass is 9.72. The maximum absolute atomic E-state index is 12.9. The predicted molar refractivity (Wildman–Crippen MR) is 78.8 cm³/mol. The molecule has 0 radical (unpaired) electrons. The van der Waals surface area contributed by atoms with Gasteiger partial charge in [-0.25, -0.2) is 0 Å². The van der Waals surface area contributed by atoms with Crippen LogP contribution in [0, 0.1) is 0 Å². The Morgan fingerprint density at radius 1 is 0.842 bits per heavy atom. The Labute approximate surface area is 116 Å². The van der Waals surface area contributed by atoms with E-state index in [0.717, 1.165) is 0 Å². The van der Waals surface area contributed by atoms with Crippen molar-refractivity contribution in [2.45, 2.75) is 29.8 Å². The van der Waals surface area contributed by atoms with E-state index in [1.807, 2.05) is 0 Å². The molecular weight excluding hydrogens is 252 g/mol. The van der Waals surface area contributed by atoms with Crippen molar-refractivity contribution in [3.05, 3.63) is 70.8 Å². The lowest BCUT2D eigenvalue weighted by molar-refractivity contribution is 0.533. The van der Waals surface area contributed by atoms with E-state index in [9.17, 15) is 4.21 Å². The van der Waals surface area contributed by atoms with Crippen LogP contribution in [-0.2, 0) is 10.8 Å². The van der Waals surface area contributed by atoms with Gasteiger partial charge in [-0.05, 0) is 36.1 Å². The summed E-state index contributed by atoms with van der Waals surface area (Å²) in [6.07, 6.45) is 0. The predicted octanol–water partition coefficient (Wildman–Crippen LogP) is 3.76. The summed E-state index contributed by atoms with van der Waals surface area (Å²) in [5.41, 5.74) is 5.28.